The van der Waals surface area contributed by atoms with Crippen LogP contribution in [0.15, 0.2) is 69.9 Å². The molecule has 1 atom stereocenters. The molecule has 3 fully saturated rings. The van der Waals surface area contributed by atoms with Crippen molar-refractivity contribution in [2.24, 2.45) is 15.9 Å². The summed E-state index contributed by atoms with van der Waals surface area (Å²) in [4.78, 5) is 17.9. The summed E-state index contributed by atoms with van der Waals surface area (Å²) in [6.07, 6.45) is 15.6. The van der Waals surface area contributed by atoms with E-state index in [1.54, 1.807) is 0 Å². The Kier molecular flexibility index (Phi) is 10.0. The Hall–Kier alpha value is -3.45. The van der Waals surface area contributed by atoms with Gasteiger partial charge in [0.2, 0.25) is 0 Å². The second-order valence-electron chi connectivity index (χ2n) is 13.5. The predicted octanol–water partition coefficient (Wildman–Crippen LogP) is 6.84. The lowest BCUT2D eigenvalue weighted by Gasteiger charge is -2.39. The van der Waals surface area contributed by atoms with Crippen LogP contribution in [-0.4, -0.2) is 86.5 Å². The molecule has 4 heterocycles. The van der Waals surface area contributed by atoms with Gasteiger partial charge in [-0.1, -0.05) is 37.3 Å². The zero-order chi connectivity index (χ0) is 31.2. The molecule has 2 aromatic carbocycles. The van der Waals surface area contributed by atoms with Gasteiger partial charge in [0.15, 0.2) is 0 Å². The maximum absolute atomic E-state index is 8.74. The van der Waals surface area contributed by atoms with E-state index in [-0.39, 0.29) is 5.92 Å². The molecule has 0 saturated carbocycles. The number of benzene rings is 2. The predicted molar refractivity (Wildman–Crippen MR) is 191 cm³/mol. The summed E-state index contributed by atoms with van der Waals surface area (Å²) in [5, 5.41) is 14.5. The maximum atomic E-state index is 8.74. The standard InChI is InChI=1S/C38H53N7/c1-4-29-11-5-12-30-13-6-15-35(36(29)30)43-26-17-32(34(28-43)41-3)37(44-23-7-14-31(27-44)33(39)16-22-40-2)42-21-8-18-38-19-9-24-45(38)25-10-20-38/h5-6,11-13,15-16,22,31,39-40H,3-4,7-10,14,17-21,23-28H2,1-2H3/b22-16-,39-33?,42-37+. The summed E-state index contributed by atoms with van der Waals surface area (Å²) in [7, 11) is 1.89. The highest BCUT2D eigenvalue weighted by atomic mass is 15.2. The van der Waals surface area contributed by atoms with Gasteiger partial charge in [-0.05, 0) is 113 Å². The van der Waals surface area contributed by atoms with Crippen LogP contribution in [0.3, 0.4) is 0 Å². The molecule has 4 aliphatic heterocycles. The number of fused-ring (bicyclic) bond motifs is 2. The molecule has 0 aliphatic carbocycles. The summed E-state index contributed by atoms with van der Waals surface area (Å²) < 4.78 is 0. The molecule has 3 saturated heterocycles. The van der Waals surface area contributed by atoms with Crippen molar-refractivity contribution < 1.29 is 0 Å². The van der Waals surface area contributed by atoms with Gasteiger partial charge in [0, 0.05) is 67.0 Å². The summed E-state index contributed by atoms with van der Waals surface area (Å²) in [6.45, 7) is 13.2. The van der Waals surface area contributed by atoms with Crippen LogP contribution in [0.25, 0.3) is 10.8 Å². The molecule has 2 N–H and O–H groups in total. The molecular formula is C38H53N7. The van der Waals surface area contributed by atoms with E-state index in [1.165, 1.54) is 72.8 Å². The van der Waals surface area contributed by atoms with Crippen LogP contribution in [0.2, 0.25) is 0 Å². The van der Waals surface area contributed by atoms with Crippen molar-refractivity contribution in [3.8, 4) is 0 Å². The molecule has 1 unspecified atom stereocenters. The van der Waals surface area contributed by atoms with Gasteiger partial charge in [-0.2, -0.15) is 0 Å². The SMILES string of the molecule is C=NC1=C(/C(=N\CCCC23CCCN2CCC3)N2CCCC(C(=N)/C=C\NC)C2)CCN(c2cccc3cccc(CC)c23)C1. The number of hydrogen-bond acceptors (Lipinski definition) is 6. The highest BCUT2D eigenvalue weighted by Crippen LogP contribution is 2.42. The Morgan fingerprint density at radius 3 is 2.64 bits per heavy atom. The number of likely N-dealkylation sites (tertiary alicyclic amines) is 1. The Morgan fingerprint density at radius 2 is 1.89 bits per heavy atom. The Bertz CT molecular complexity index is 1450. The van der Waals surface area contributed by atoms with Crippen molar-refractivity contribution in [2.75, 3.05) is 57.8 Å². The average molecular weight is 608 g/mol. The van der Waals surface area contributed by atoms with Gasteiger partial charge >= 0.3 is 0 Å². The molecule has 0 amide bonds. The molecule has 0 bridgehead atoms. The number of aryl methyl sites for hydroxylation is 1. The molecule has 0 aromatic heterocycles. The van der Waals surface area contributed by atoms with Crippen LogP contribution in [-0.2, 0) is 6.42 Å². The van der Waals surface area contributed by atoms with Gasteiger partial charge in [-0.15, -0.1) is 0 Å². The fourth-order valence-electron chi connectivity index (χ4n) is 8.64. The summed E-state index contributed by atoms with van der Waals surface area (Å²) in [6, 6.07) is 13.4. The van der Waals surface area contributed by atoms with E-state index in [9.17, 15) is 0 Å². The third-order valence-corrected chi connectivity index (χ3v) is 10.9. The van der Waals surface area contributed by atoms with E-state index in [0.717, 1.165) is 76.4 Å². The molecule has 0 radical (unpaired) electrons. The zero-order valence-electron chi connectivity index (χ0n) is 27.7. The van der Waals surface area contributed by atoms with Crippen LogP contribution < -0.4 is 10.2 Å². The minimum atomic E-state index is 0.210. The van der Waals surface area contributed by atoms with Gasteiger partial charge in [0.1, 0.15) is 5.84 Å². The number of allylic oxidation sites excluding steroid dienone is 1. The molecule has 2 aromatic rings. The molecule has 7 heteroatoms. The van der Waals surface area contributed by atoms with Crippen LogP contribution in [0.5, 0.6) is 0 Å². The Balaban J connectivity index is 1.28. The quantitative estimate of drug-likeness (QED) is 0.167. The van der Waals surface area contributed by atoms with E-state index in [4.69, 9.17) is 10.4 Å². The zero-order valence-corrected chi connectivity index (χ0v) is 27.7. The molecular weight excluding hydrogens is 554 g/mol. The first-order valence-corrected chi connectivity index (χ1v) is 17.5. The van der Waals surface area contributed by atoms with Crippen molar-refractivity contribution in [1.29, 1.82) is 5.41 Å². The first-order chi connectivity index (χ1) is 22.1. The minimum absolute atomic E-state index is 0.210. The van der Waals surface area contributed by atoms with Crippen LogP contribution in [0.4, 0.5) is 5.69 Å². The smallest absolute Gasteiger partial charge is 0.128 e. The van der Waals surface area contributed by atoms with Crippen molar-refractivity contribution in [3.63, 3.8) is 0 Å². The number of nitrogens with one attached hydrogen (secondary N) is 2. The summed E-state index contributed by atoms with van der Waals surface area (Å²) >= 11 is 0. The lowest BCUT2D eigenvalue weighted by Crippen LogP contribution is -2.45. The number of hydrogen-bond donors (Lipinski definition) is 2. The van der Waals surface area contributed by atoms with E-state index in [2.05, 4.69) is 75.0 Å². The fraction of sp³-hybridized carbons (Fsp3) is 0.553. The fourth-order valence-corrected chi connectivity index (χ4v) is 8.64. The number of piperidine rings is 1. The Morgan fingerprint density at radius 1 is 1.09 bits per heavy atom. The molecule has 240 valence electrons. The van der Waals surface area contributed by atoms with Crippen LogP contribution >= 0.6 is 0 Å². The van der Waals surface area contributed by atoms with Gasteiger partial charge in [-0.3, -0.25) is 14.9 Å². The average Bonchev–Trinajstić information content (AvgIpc) is 3.67. The van der Waals surface area contributed by atoms with Gasteiger partial charge in [-0.25, -0.2) is 0 Å². The first kappa shape index (κ1) is 31.5. The highest BCUT2D eigenvalue weighted by molar-refractivity contribution is 6.01. The Labute approximate surface area is 270 Å². The monoisotopic (exact) mass is 607 g/mol. The van der Waals surface area contributed by atoms with E-state index < -0.39 is 0 Å². The van der Waals surface area contributed by atoms with E-state index in [0.29, 0.717) is 11.3 Å². The lowest BCUT2D eigenvalue weighted by molar-refractivity contribution is 0.180. The topological polar surface area (TPSA) is 70.3 Å². The third-order valence-electron chi connectivity index (χ3n) is 10.9. The minimum Gasteiger partial charge on any atom is -0.394 e. The number of nitrogens with zero attached hydrogens (tertiary/aromatic N) is 5. The molecule has 6 rings (SSSR count). The maximum Gasteiger partial charge on any atom is 0.128 e. The lowest BCUT2D eigenvalue weighted by atomic mass is 9.89. The van der Waals surface area contributed by atoms with Gasteiger partial charge in [0.25, 0.3) is 0 Å². The van der Waals surface area contributed by atoms with Gasteiger partial charge in [0.05, 0.1) is 12.2 Å². The van der Waals surface area contributed by atoms with Gasteiger partial charge < -0.3 is 20.5 Å². The van der Waals surface area contributed by atoms with Crippen molar-refractivity contribution in [2.45, 2.75) is 76.7 Å². The first-order valence-electron chi connectivity index (χ1n) is 17.5. The van der Waals surface area contributed by atoms with E-state index in [1.807, 2.05) is 19.3 Å². The summed E-state index contributed by atoms with van der Waals surface area (Å²) in [5.74, 6) is 1.33. The molecule has 0 spiro atoms. The van der Waals surface area contributed by atoms with Crippen LogP contribution in [0.1, 0.15) is 70.3 Å². The largest absolute Gasteiger partial charge is 0.394 e. The number of anilines is 1. The normalized spacial score (nSPS) is 22.4. The number of rotatable bonds is 11. The highest BCUT2D eigenvalue weighted by Gasteiger charge is 2.43. The van der Waals surface area contributed by atoms with Crippen molar-refractivity contribution in [3.05, 3.63) is 65.5 Å². The van der Waals surface area contributed by atoms with Crippen molar-refractivity contribution in [1.82, 2.24) is 15.1 Å². The summed E-state index contributed by atoms with van der Waals surface area (Å²) in [5.41, 5.74) is 6.14. The van der Waals surface area contributed by atoms with E-state index >= 15 is 0 Å². The second-order valence-corrected chi connectivity index (χ2v) is 13.5. The van der Waals surface area contributed by atoms with Crippen molar-refractivity contribution >= 4 is 34.7 Å². The van der Waals surface area contributed by atoms with Crippen LogP contribution in [0, 0.1) is 11.3 Å². The molecule has 4 aliphatic rings. The number of aliphatic imine (C=N–C) groups is 2. The molecule has 7 nitrogen and oxygen atoms in total. The second kappa shape index (κ2) is 14.3. The third kappa shape index (κ3) is 6.60. The molecule has 45 heavy (non-hydrogen) atoms. The number of amidine groups is 1.